The van der Waals surface area contributed by atoms with Gasteiger partial charge in [-0.15, -0.1) is 0 Å². The van der Waals surface area contributed by atoms with Crippen molar-refractivity contribution in [1.82, 2.24) is 5.32 Å². The number of nitrogens with one attached hydrogen (secondary N) is 1. The van der Waals surface area contributed by atoms with Crippen LogP contribution < -0.4 is 5.32 Å². The number of carbonyl (C=O) groups is 1. The average Bonchev–Trinajstić information content (AvgIpc) is 2.29. The van der Waals surface area contributed by atoms with Crippen LogP contribution in [0.1, 0.15) is 23.7 Å². The molecule has 0 saturated heterocycles. The van der Waals surface area contributed by atoms with Crippen molar-refractivity contribution in [1.29, 1.82) is 0 Å². The highest BCUT2D eigenvalue weighted by Crippen LogP contribution is 2.10. The van der Waals surface area contributed by atoms with E-state index in [0.29, 0.717) is 0 Å². The maximum absolute atomic E-state index is 13.3. The minimum atomic E-state index is -0.707. The molecule has 1 N–H and O–H groups in total. The van der Waals surface area contributed by atoms with Crippen molar-refractivity contribution in [3.8, 4) is 0 Å². The number of halogens is 2. The summed E-state index contributed by atoms with van der Waals surface area (Å²) in [4.78, 5) is 11.7. The molecule has 0 bridgehead atoms. The maximum Gasteiger partial charge on any atom is 0.254 e. The highest BCUT2D eigenvalue weighted by atomic mass is 32.2. The summed E-state index contributed by atoms with van der Waals surface area (Å²) in [5.41, 5.74) is -0.249. The monoisotopic (exact) mass is 259 g/mol. The summed E-state index contributed by atoms with van der Waals surface area (Å²) in [6.45, 7) is 1.84. The summed E-state index contributed by atoms with van der Waals surface area (Å²) in [6.07, 6.45) is 2.77. The molecule has 1 amide bonds. The third kappa shape index (κ3) is 4.34. The summed E-state index contributed by atoms with van der Waals surface area (Å²) in [7, 11) is 0. The summed E-state index contributed by atoms with van der Waals surface area (Å²) in [5.74, 6) is -0.988. The van der Waals surface area contributed by atoms with Crippen molar-refractivity contribution in [2.24, 2.45) is 0 Å². The molecule has 0 fully saturated rings. The molecule has 1 atom stereocenters. The van der Waals surface area contributed by atoms with Gasteiger partial charge < -0.3 is 5.32 Å². The average molecular weight is 259 g/mol. The van der Waals surface area contributed by atoms with Gasteiger partial charge in [-0.05, 0) is 43.6 Å². The van der Waals surface area contributed by atoms with E-state index in [-0.39, 0.29) is 11.6 Å². The van der Waals surface area contributed by atoms with E-state index in [0.717, 1.165) is 30.4 Å². The lowest BCUT2D eigenvalue weighted by molar-refractivity contribution is 0.0935. The molecule has 2 nitrogen and oxygen atoms in total. The highest BCUT2D eigenvalue weighted by molar-refractivity contribution is 7.98. The van der Waals surface area contributed by atoms with Crippen LogP contribution >= 0.6 is 11.8 Å². The maximum atomic E-state index is 13.3. The van der Waals surface area contributed by atoms with Crippen LogP contribution in [-0.4, -0.2) is 24.0 Å². The Labute approximate surface area is 104 Å². The molecular weight excluding hydrogens is 244 g/mol. The largest absolute Gasteiger partial charge is 0.349 e. The standard InChI is InChI=1S/C12H15F2NOS/c1-8(5-6-17-2)15-12(16)10-7-9(13)3-4-11(10)14/h3-4,7-8H,5-6H2,1-2H3,(H,15,16)/t8-/m0/s1. The molecule has 0 aliphatic heterocycles. The van der Waals surface area contributed by atoms with E-state index in [1.165, 1.54) is 0 Å². The van der Waals surface area contributed by atoms with E-state index in [2.05, 4.69) is 5.32 Å². The Bertz CT molecular complexity index is 398. The first kappa shape index (κ1) is 14.0. The lowest BCUT2D eigenvalue weighted by Crippen LogP contribution is -2.33. The Hall–Kier alpha value is -1.10. The van der Waals surface area contributed by atoms with Gasteiger partial charge in [0.2, 0.25) is 0 Å². The molecule has 1 aromatic carbocycles. The van der Waals surface area contributed by atoms with Crippen molar-refractivity contribution in [3.63, 3.8) is 0 Å². The molecule has 0 aliphatic rings. The molecule has 0 unspecified atom stereocenters. The van der Waals surface area contributed by atoms with Crippen LogP contribution in [0.2, 0.25) is 0 Å². The van der Waals surface area contributed by atoms with E-state index in [4.69, 9.17) is 0 Å². The number of rotatable bonds is 5. The van der Waals surface area contributed by atoms with Crippen LogP contribution in [0.5, 0.6) is 0 Å². The van der Waals surface area contributed by atoms with Crippen LogP contribution in [0, 0.1) is 11.6 Å². The lowest BCUT2D eigenvalue weighted by atomic mass is 10.1. The van der Waals surface area contributed by atoms with Gasteiger partial charge in [0.15, 0.2) is 0 Å². The minimum absolute atomic E-state index is 0.0578. The van der Waals surface area contributed by atoms with Crippen LogP contribution in [0.3, 0.4) is 0 Å². The lowest BCUT2D eigenvalue weighted by Gasteiger charge is -2.13. The molecule has 0 aliphatic carbocycles. The van der Waals surface area contributed by atoms with Crippen LogP contribution in [0.4, 0.5) is 8.78 Å². The van der Waals surface area contributed by atoms with Gasteiger partial charge in [0, 0.05) is 6.04 Å². The molecule has 1 rings (SSSR count). The molecule has 5 heteroatoms. The molecule has 0 heterocycles. The van der Waals surface area contributed by atoms with Gasteiger partial charge in [0.25, 0.3) is 5.91 Å². The van der Waals surface area contributed by atoms with Gasteiger partial charge >= 0.3 is 0 Å². The zero-order valence-electron chi connectivity index (χ0n) is 9.80. The molecular formula is C12H15F2NOS. The molecule has 0 aromatic heterocycles. The second-order valence-electron chi connectivity index (χ2n) is 3.78. The second-order valence-corrected chi connectivity index (χ2v) is 4.77. The summed E-state index contributed by atoms with van der Waals surface area (Å²) in [6, 6.07) is 2.80. The third-order valence-electron chi connectivity index (χ3n) is 2.31. The normalized spacial score (nSPS) is 12.2. The number of hydrogen-bond acceptors (Lipinski definition) is 2. The first-order chi connectivity index (χ1) is 8.04. The van der Waals surface area contributed by atoms with E-state index >= 15 is 0 Å². The van der Waals surface area contributed by atoms with Crippen molar-refractivity contribution >= 4 is 17.7 Å². The predicted molar refractivity (Wildman–Crippen MR) is 66.3 cm³/mol. The van der Waals surface area contributed by atoms with Crippen molar-refractivity contribution in [2.45, 2.75) is 19.4 Å². The fourth-order valence-electron chi connectivity index (χ4n) is 1.34. The fourth-order valence-corrected chi connectivity index (χ4v) is 1.93. The Morgan fingerprint density at radius 1 is 1.47 bits per heavy atom. The fraction of sp³-hybridized carbons (Fsp3) is 0.417. The highest BCUT2D eigenvalue weighted by Gasteiger charge is 2.14. The smallest absolute Gasteiger partial charge is 0.254 e. The number of hydrogen-bond donors (Lipinski definition) is 1. The van der Waals surface area contributed by atoms with Gasteiger partial charge in [-0.25, -0.2) is 8.78 Å². The summed E-state index contributed by atoms with van der Waals surface area (Å²) < 4.78 is 26.2. The Morgan fingerprint density at radius 3 is 2.82 bits per heavy atom. The molecule has 1 aromatic rings. The minimum Gasteiger partial charge on any atom is -0.349 e. The number of benzene rings is 1. The van der Waals surface area contributed by atoms with Gasteiger partial charge in [-0.1, -0.05) is 0 Å². The van der Waals surface area contributed by atoms with Gasteiger partial charge in [-0.3, -0.25) is 4.79 Å². The van der Waals surface area contributed by atoms with Gasteiger partial charge in [0.05, 0.1) is 5.56 Å². The Kier molecular flexibility index (Phi) is 5.41. The number of thioether (sulfide) groups is 1. The molecule has 0 saturated carbocycles. The first-order valence-electron chi connectivity index (χ1n) is 5.29. The van der Waals surface area contributed by atoms with Crippen molar-refractivity contribution < 1.29 is 13.6 Å². The predicted octanol–water partition coefficient (Wildman–Crippen LogP) is 2.84. The summed E-state index contributed by atoms with van der Waals surface area (Å²) >= 11 is 1.67. The zero-order chi connectivity index (χ0) is 12.8. The number of amides is 1. The van der Waals surface area contributed by atoms with Gasteiger partial charge in [0.1, 0.15) is 11.6 Å². The molecule has 0 radical (unpaired) electrons. The van der Waals surface area contributed by atoms with Crippen molar-refractivity contribution in [2.75, 3.05) is 12.0 Å². The van der Waals surface area contributed by atoms with E-state index in [9.17, 15) is 13.6 Å². The first-order valence-corrected chi connectivity index (χ1v) is 6.69. The van der Waals surface area contributed by atoms with E-state index < -0.39 is 17.5 Å². The zero-order valence-corrected chi connectivity index (χ0v) is 10.6. The Balaban J connectivity index is 2.66. The second kappa shape index (κ2) is 6.59. The molecule has 17 heavy (non-hydrogen) atoms. The SMILES string of the molecule is CSCC[C@H](C)NC(=O)c1cc(F)ccc1F. The molecule has 0 spiro atoms. The van der Waals surface area contributed by atoms with Crippen LogP contribution in [0.15, 0.2) is 18.2 Å². The summed E-state index contributed by atoms with van der Waals surface area (Å²) in [5, 5.41) is 2.64. The van der Waals surface area contributed by atoms with E-state index in [1.54, 1.807) is 11.8 Å². The van der Waals surface area contributed by atoms with Crippen LogP contribution in [0.25, 0.3) is 0 Å². The Morgan fingerprint density at radius 2 is 2.18 bits per heavy atom. The number of carbonyl (C=O) groups excluding carboxylic acids is 1. The van der Waals surface area contributed by atoms with E-state index in [1.807, 2.05) is 13.2 Å². The topological polar surface area (TPSA) is 29.1 Å². The van der Waals surface area contributed by atoms with Crippen LogP contribution in [-0.2, 0) is 0 Å². The third-order valence-corrected chi connectivity index (χ3v) is 2.95. The van der Waals surface area contributed by atoms with Crippen molar-refractivity contribution in [3.05, 3.63) is 35.4 Å². The quantitative estimate of drug-likeness (QED) is 0.881. The van der Waals surface area contributed by atoms with Gasteiger partial charge in [-0.2, -0.15) is 11.8 Å². The molecule has 94 valence electrons.